The summed E-state index contributed by atoms with van der Waals surface area (Å²) >= 11 is 11.3. The van der Waals surface area contributed by atoms with Crippen LogP contribution in [0.5, 0.6) is 0 Å². The van der Waals surface area contributed by atoms with Crippen molar-refractivity contribution in [2.45, 2.75) is 0 Å². The normalized spacial score (nSPS) is 9.50. The first-order valence-corrected chi connectivity index (χ1v) is 3.49. The van der Waals surface area contributed by atoms with E-state index in [0.29, 0.717) is 16.0 Å². The lowest BCUT2D eigenvalue weighted by Crippen LogP contribution is -1.92. The van der Waals surface area contributed by atoms with Gasteiger partial charge in [0, 0.05) is 7.05 Å². The van der Waals surface area contributed by atoms with E-state index >= 15 is 0 Å². The van der Waals surface area contributed by atoms with Gasteiger partial charge in [-0.1, -0.05) is 23.2 Å². The molecule has 1 heterocycles. The van der Waals surface area contributed by atoms with Crippen LogP contribution in [0.3, 0.4) is 0 Å². The Bertz CT molecular complexity index is 237. The Kier molecular flexibility index (Phi) is 2.35. The van der Waals surface area contributed by atoms with Crippen molar-refractivity contribution in [2.24, 2.45) is 0 Å². The van der Waals surface area contributed by atoms with Crippen LogP contribution in [-0.2, 0) is 0 Å². The molecule has 0 spiro atoms. The van der Waals surface area contributed by atoms with Crippen LogP contribution in [0.15, 0.2) is 12.1 Å². The lowest BCUT2D eigenvalue weighted by atomic mass is 10.4. The molecule has 0 aliphatic rings. The van der Waals surface area contributed by atoms with Gasteiger partial charge in [0.25, 0.3) is 0 Å². The highest BCUT2D eigenvalue weighted by Crippen LogP contribution is 2.20. The second-order valence-electron chi connectivity index (χ2n) is 1.71. The van der Waals surface area contributed by atoms with Crippen molar-refractivity contribution in [3.8, 4) is 0 Å². The Balaban J connectivity index is 3.09. The molecule has 10 heavy (non-hydrogen) atoms. The highest BCUT2D eigenvalue weighted by molar-refractivity contribution is 6.34. The smallest absolute Gasteiger partial charge is 0.146 e. The summed E-state index contributed by atoms with van der Waals surface area (Å²) in [4.78, 5) is 3.91. The molecule has 0 saturated carbocycles. The van der Waals surface area contributed by atoms with Crippen LogP contribution in [0.1, 0.15) is 0 Å². The van der Waals surface area contributed by atoms with Crippen molar-refractivity contribution in [3.63, 3.8) is 0 Å². The van der Waals surface area contributed by atoms with Crippen LogP contribution in [0, 0.1) is 0 Å². The first kappa shape index (κ1) is 7.63. The molecule has 2 nitrogen and oxygen atoms in total. The summed E-state index contributed by atoms with van der Waals surface area (Å²) in [6.45, 7) is 0. The lowest BCUT2D eigenvalue weighted by molar-refractivity contribution is 1.29. The number of aromatic nitrogens is 1. The van der Waals surface area contributed by atoms with Gasteiger partial charge in [-0.3, -0.25) is 0 Å². The molecular formula is C6H6Cl2N2. The minimum absolute atomic E-state index is 0.439. The van der Waals surface area contributed by atoms with E-state index in [0.717, 1.165) is 0 Å². The van der Waals surface area contributed by atoms with Gasteiger partial charge in [-0.15, -0.1) is 0 Å². The van der Waals surface area contributed by atoms with E-state index in [1.165, 1.54) is 0 Å². The van der Waals surface area contributed by atoms with E-state index in [4.69, 9.17) is 23.2 Å². The fourth-order valence-corrected chi connectivity index (χ4v) is 0.941. The highest BCUT2D eigenvalue weighted by atomic mass is 35.5. The monoisotopic (exact) mass is 176 g/mol. The van der Waals surface area contributed by atoms with E-state index in [1.54, 1.807) is 19.2 Å². The minimum Gasteiger partial charge on any atom is -0.372 e. The van der Waals surface area contributed by atoms with Crippen LogP contribution in [0.2, 0.25) is 10.2 Å². The average Bonchev–Trinajstić information content (AvgIpc) is 1.94. The summed E-state index contributed by atoms with van der Waals surface area (Å²) in [5.74, 6) is 0.606. The highest BCUT2D eigenvalue weighted by Gasteiger charge is 1.98. The molecule has 0 radical (unpaired) electrons. The summed E-state index contributed by atoms with van der Waals surface area (Å²) < 4.78 is 0. The Morgan fingerprint density at radius 1 is 1.40 bits per heavy atom. The summed E-state index contributed by atoms with van der Waals surface area (Å²) in [6.07, 6.45) is 0. The van der Waals surface area contributed by atoms with Gasteiger partial charge in [-0.2, -0.15) is 0 Å². The van der Waals surface area contributed by atoms with Gasteiger partial charge in [0.05, 0.1) is 5.02 Å². The molecule has 1 aromatic heterocycles. The first-order chi connectivity index (χ1) is 4.74. The van der Waals surface area contributed by atoms with Gasteiger partial charge in [-0.05, 0) is 12.1 Å². The fraction of sp³-hybridized carbons (Fsp3) is 0.167. The number of hydrogen-bond donors (Lipinski definition) is 1. The minimum atomic E-state index is 0.439. The van der Waals surface area contributed by atoms with E-state index in [9.17, 15) is 0 Å². The molecular weight excluding hydrogens is 171 g/mol. The zero-order valence-electron chi connectivity index (χ0n) is 5.36. The molecule has 0 atom stereocenters. The zero-order chi connectivity index (χ0) is 7.56. The molecule has 0 aliphatic heterocycles. The van der Waals surface area contributed by atoms with Crippen molar-refractivity contribution in [2.75, 3.05) is 12.4 Å². The molecule has 1 aromatic rings. The topological polar surface area (TPSA) is 24.9 Å². The van der Waals surface area contributed by atoms with Crippen LogP contribution in [-0.4, -0.2) is 12.0 Å². The summed E-state index contributed by atoms with van der Waals surface area (Å²) in [6, 6.07) is 3.34. The molecule has 54 valence electrons. The average molecular weight is 177 g/mol. The molecule has 1 rings (SSSR count). The molecule has 0 unspecified atom stereocenters. The fourth-order valence-electron chi connectivity index (χ4n) is 0.594. The largest absolute Gasteiger partial charge is 0.372 e. The van der Waals surface area contributed by atoms with Gasteiger partial charge in [0.1, 0.15) is 11.0 Å². The van der Waals surface area contributed by atoms with Crippen LogP contribution in [0.25, 0.3) is 0 Å². The molecule has 4 heteroatoms. The predicted molar refractivity (Wildman–Crippen MR) is 43.8 cm³/mol. The standard InChI is InChI=1S/C6H6Cl2N2/c1-9-6-4(7)2-3-5(8)10-6/h2-3H,1H3,(H,9,10). The zero-order valence-corrected chi connectivity index (χ0v) is 6.87. The second-order valence-corrected chi connectivity index (χ2v) is 2.51. The molecule has 0 aliphatic carbocycles. The third-order valence-corrected chi connectivity index (χ3v) is 1.56. The van der Waals surface area contributed by atoms with Crippen LogP contribution in [0.4, 0.5) is 5.82 Å². The SMILES string of the molecule is CNc1nc(Cl)ccc1Cl. The van der Waals surface area contributed by atoms with Crippen molar-refractivity contribution < 1.29 is 0 Å². The van der Waals surface area contributed by atoms with Gasteiger partial charge < -0.3 is 5.32 Å². The molecule has 1 N–H and O–H groups in total. The maximum absolute atomic E-state index is 5.71. The van der Waals surface area contributed by atoms with E-state index in [2.05, 4.69) is 10.3 Å². The Morgan fingerprint density at radius 2 is 2.10 bits per heavy atom. The van der Waals surface area contributed by atoms with Crippen LogP contribution >= 0.6 is 23.2 Å². The van der Waals surface area contributed by atoms with Gasteiger partial charge in [0.15, 0.2) is 0 Å². The number of halogens is 2. The van der Waals surface area contributed by atoms with Crippen molar-refractivity contribution >= 4 is 29.0 Å². The van der Waals surface area contributed by atoms with Crippen molar-refractivity contribution in [3.05, 3.63) is 22.3 Å². The Labute approximate surface area is 69.2 Å². The molecule has 0 aromatic carbocycles. The van der Waals surface area contributed by atoms with Crippen molar-refractivity contribution in [1.29, 1.82) is 0 Å². The van der Waals surface area contributed by atoms with Gasteiger partial charge in [0.2, 0.25) is 0 Å². The van der Waals surface area contributed by atoms with E-state index in [1.807, 2.05) is 0 Å². The number of nitrogens with one attached hydrogen (secondary N) is 1. The van der Waals surface area contributed by atoms with Crippen LogP contribution < -0.4 is 5.32 Å². The Hall–Kier alpha value is -0.470. The molecule has 0 amide bonds. The molecule has 0 saturated heterocycles. The number of anilines is 1. The first-order valence-electron chi connectivity index (χ1n) is 2.74. The number of pyridine rings is 1. The maximum atomic E-state index is 5.71. The second kappa shape index (κ2) is 3.08. The molecule has 0 bridgehead atoms. The third-order valence-electron chi connectivity index (χ3n) is 1.05. The van der Waals surface area contributed by atoms with Gasteiger partial charge in [-0.25, -0.2) is 4.98 Å². The summed E-state index contributed by atoms with van der Waals surface area (Å²) in [5.41, 5.74) is 0. The van der Waals surface area contributed by atoms with Crippen molar-refractivity contribution in [1.82, 2.24) is 4.98 Å². The van der Waals surface area contributed by atoms with E-state index < -0.39 is 0 Å². The Morgan fingerprint density at radius 3 is 2.60 bits per heavy atom. The quantitative estimate of drug-likeness (QED) is 0.666. The van der Waals surface area contributed by atoms with Gasteiger partial charge >= 0.3 is 0 Å². The summed E-state index contributed by atoms with van der Waals surface area (Å²) in [5, 5.41) is 3.82. The lowest BCUT2D eigenvalue weighted by Gasteiger charge is -2.00. The van der Waals surface area contributed by atoms with E-state index in [-0.39, 0.29) is 0 Å². The number of nitrogens with zero attached hydrogens (tertiary/aromatic N) is 1. The maximum Gasteiger partial charge on any atom is 0.146 e. The third kappa shape index (κ3) is 1.52. The predicted octanol–water partition coefficient (Wildman–Crippen LogP) is 2.43. The number of rotatable bonds is 1. The number of hydrogen-bond acceptors (Lipinski definition) is 2. The molecule has 0 fully saturated rings. The summed E-state index contributed by atoms with van der Waals surface area (Å²) in [7, 11) is 1.74.